The van der Waals surface area contributed by atoms with E-state index in [9.17, 15) is 0 Å². The van der Waals surface area contributed by atoms with Crippen molar-refractivity contribution in [3.8, 4) is 22.9 Å². The van der Waals surface area contributed by atoms with Gasteiger partial charge in [0.25, 0.3) is 0 Å². The predicted octanol–water partition coefficient (Wildman–Crippen LogP) is 5.39. The zero-order valence-electron chi connectivity index (χ0n) is 16.0. The minimum absolute atomic E-state index is 0.632. The van der Waals surface area contributed by atoms with Crippen molar-refractivity contribution in [1.82, 2.24) is 4.57 Å². The van der Waals surface area contributed by atoms with Crippen LogP contribution < -0.4 is 14.2 Å². The molecule has 0 saturated heterocycles. The molecule has 1 aromatic heterocycles. The van der Waals surface area contributed by atoms with Gasteiger partial charge in [0.1, 0.15) is 0 Å². The van der Waals surface area contributed by atoms with Crippen LogP contribution in [0, 0.1) is 0 Å². The highest BCUT2D eigenvalue weighted by molar-refractivity contribution is 5.93. The lowest BCUT2D eigenvalue weighted by Crippen LogP contribution is -2.01. The number of methoxy groups -OCH3 is 3. The molecule has 4 nitrogen and oxygen atoms in total. The zero-order chi connectivity index (χ0) is 18.5. The van der Waals surface area contributed by atoms with Gasteiger partial charge < -0.3 is 18.8 Å². The van der Waals surface area contributed by atoms with Crippen LogP contribution in [-0.2, 0) is 6.42 Å². The molecule has 0 bridgehead atoms. The van der Waals surface area contributed by atoms with Gasteiger partial charge in [-0.15, -0.1) is 0 Å². The Bertz CT molecular complexity index is 868. The summed E-state index contributed by atoms with van der Waals surface area (Å²) in [6.45, 7) is 2.23. The summed E-state index contributed by atoms with van der Waals surface area (Å²) in [4.78, 5) is 0. The maximum absolute atomic E-state index is 5.70. The van der Waals surface area contributed by atoms with Crippen LogP contribution in [0.4, 0.5) is 0 Å². The number of nitrogens with zero attached hydrogens (tertiary/aromatic N) is 1. The van der Waals surface area contributed by atoms with Gasteiger partial charge in [0.15, 0.2) is 11.5 Å². The Morgan fingerprint density at radius 2 is 1.58 bits per heavy atom. The number of fused-ring (bicyclic) bond motifs is 1. The van der Waals surface area contributed by atoms with Crippen molar-refractivity contribution >= 4 is 10.9 Å². The molecule has 0 unspecified atom stereocenters. The number of rotatable bonds is 8. The van der Waals surface area contributed by atoms with Crippen LogP contribution in [-0.4, -0.2) is 25.9 Å². The predicted molar refractivity (Wildman–Crippen MR) is 106 cm³/mol. The maximum Gasteiger partial charge on any atom is 0.204 e. The summed E-state index contributed by atoms with van der Waals surface area (Å²) in [5.41, 5.74) is 3.48. The second kappa shape index (κ2) is 8.17. The topological polar surface area (TPSA) is 32.6 Å². The lowest BCUT2D eigenvalue weighted by Gasteiger charge is -2.15. The Labute approximate surface area is 155 Å². The molecule has 3 aromatic rings. The number of unbranched alkanes of at least 4 members (excludes halogenated alkanes) is 2. The van der Waals surface area contributed by atoms with Crippen molar-refractivity contribution in [3.05, 3.63) is 48.2 Å². The van der Waals surface area contributed by atoms with Gasteiger partial charge in [-0.25, -0.2) is 0 Å². The maximum atomic E-state index is 5.70. The van der Waals surface area contributed by atoms with Gasteiger partial charge in [0.2, 0.25) is 5.75 Å². The molecule has 0 radical (unpaired) electrons. The molecule has 0 spiro atoms. The van der Waals surface area contributed by atoms with E-state index in [2.05, 4.69) is 41.8 Å². The molecule has 138 valence electrons. The van der Waals surface area contributed by atoms with Crippen LogP contribution in [0.2, 0.25) is 0 Å². The molecule has 0 amide bonds. The molecule has 0 saturated carbocycles. The first-order valence-corrected chi connectivity index (χ1v) is 9.13. The summed E-state index contributed by atoms with van der Waals surface area (Å²) in [7, 11) is 4.97. The van der Waals surface area contributed by atoms with Crippen molar-refractivity contribution in [2.75, 3.05) is 21.3 Å². The van der Waals surface area contributed by atoms with E-state index in [0.717, 1.165) is 29.4 Å². The van der Waals surface area contributed by atoms with Gasteiger partial charge in [-0.3, -0.25) is 0 Å². The van der Waals surface area contributed by atoms with Crippen molar-refractivity contribution in [1.29, 1.82) is 0 Å². The van der Waals surface area contributed by atoms with Gasteiger partial charge in [0, 0.05) is 22.8 Å². The van der Waals surface area contributed by atoms with Gasteiger partial charge in [-0.1, -0.05) is 38.0 Å². The number of benzene rings is 2. The standard InChI is InChI=1S/C22H27NO3/c1-5-6-8-13-17-14-18-19(23(17)16-11-9-7-10-12-16)15-20(24-2)22(26-4)21(18)25-3/h7,9-12,14-15H,5-6,8,13H2,1-4H3. The normalized spacial score (nSPS) is 10.9. The summed E-state index contributed by atoms with van der Waals surface area (Å²) < 4.78 is 19.1. The Hall–Kier alpha value is -2.62. The third-order valence-electron chi connectivity index (χ3n) is 4.74. The van der Waals surface area contributed by atoms with Crippen molar-refractivity contribution in [2.24, 2.45) is 0 Å². The number of para-hydroxylation sites is 1. The molecule has 1 heterocycles. The third-order valence-corrected chi connectivity index (χ3v) is 4.74. The third kappa shape index (κ3) is 3.24. The van der Waals surface area contributed by atoms with Crippen LogP contribution in [0.3, 0.4) is 0 Å². The van der Waals surface area contributed by atoms with Gasteiger partial charge in [-0.2, -0.15) is 0 Å². The molecule has 26 heavy (non-hydrogen) atoms. The molecule has 0 atom stereocenters. The average molecular weight is 353 g/mol. The van der Waals surface area contributed by atoms with E-state index in [0.29, 0.717) is 17.2 Å². The molecule has 0 fully saturated rings. The molecule has 0 N–H and O–H groups in total. The first kappa shape index (κ1) is 18.2. The first-order chi connectivity index (χ1) is 12.7. The van der Waals surface area contributed by atoms with E-state index in [1.165, 1.54) is 18.5 Å². The number of aromatic nitrogens is 1. The highest BCUT2D eigenvalue weighted by atomic mass is 16.5. The van der Waals surface area contributed by atoms with E-state index in [1.54, 1.807) is 21.3 Å². The Kier molecular flexibility index (Phi) is 5.71. The number of aryl methyl sites for hydroxylation is 1. The van der Waals surface area contributed by atoms with Crippen LogP contribution in [0.1, 0.15) is 31.9 Å². The average Bonchev–Trinajstić information content (AvgIpc) is 3.05. The highest BCUT2D eigenvalue weighted by Crippen LogP contribution is 2.45. The van der Waals surface area contributed by atoms with E-state index in [-0.39, 0.29) is 0 Å². The SMILES string of the molecule is CCCCCc1cc2c(OC)c(OC)c(OC)cc2n1-c1ccccc1. The molecule has 0 aliphatic rings. The second-order valence-electron chi connectivity index (χ2n) is 6.34. The van der Waals surface area contributed by atoms with Crippen LogP contribution in [0.5, 0.6) is 17.2 Å². The first-order valence-electron chi connectivity index (χ1n) is 9.13. The zero-order valence-corrected chi connectivity index (χ0v) is 16.0. The molecule has 4 heteroatoms. The van der Waals surface area contributed by atoms with Crippen molar-refractivity contribution in [2.45, 2.75) is 32.6 Å². The highest BCUT2D eigenvalue weighted by Gasteiger charge is 2.21. The van der Waals surface area contributed by atoms with Gasteiger partial charge >= 0.3 is 0 Å². The lowest BCUT2D eigenvalue weighted by atomic mass is 10.1. The molecular formula is C22H27NO3. The molecular weight excluding hydrogens is 326 g/mol. The quantitative estimate of drug-likeness (QED) is 0.509. The van der Waals surface area contributed by atoms with Crippen molar-refractivity contribution in [3.63, 3.8) is 0 Å². The molecule has 3 rings (SSSR count). The Morgan fingerprint density at radius 1 is 0.846 bits per heavy atom. The fourth-order valence-electron chi connectivity index (χ4n) is 3.50. The van der Waals surface area contributed by atoms with Gasteiger partial charge in [0.05, 0.1) is 26.8 Å². The monoisotopic (exact) mass is 353 g/mol. The number of hydrogen-bond acceptors (Lipinski definition) is 3. The fourth-order valence-corrected chi connectivity index (χ4v) is 3.50. The Balaban J connectivity index is 2.28. The van der Waals surface area contributed by atoms with Crippen molar-refractivity contribution < 1.29 is 14.2 Å². The minimum atomic E-state index is 0.632. The second-order valence-corrected chi connectivity index (χ2v) is 6.34. The lowest BCUT2D eigenvalue weighted by molar-refractivity contribution is 0.327. The molecule has 0 aliphatic carbocycles. The fraction of sp³-hybridized carbons (Fsp3) is 0.364. The van der Waals surface area contributed by atoms with E-state index < -0.39 is 0 Å². The van der Waals surface area contributed by atoms with E-state index >= 15 is 0 Å². The minimum Gasteiger partial charge on any atom is -0.493 e. The van der Waals surface area contributed by atoms with Gasteiger partial charge in [-0.05, 0) is 31.0 Å². The van der Waals surface area contributed by atoms with Crippen LogP contribution >= 0.6 is 0 Å². The summed E-state index contributed by atoms with van der Waals surface area (Å²) in [5.74, 6) is 2.02. The van der Waals surface area contributed by atoms with E-state index in [1.807, 2.05) is 12.1 Å². The largest absolute Gasteiger partial charge is 0.493 e. The summed E-state index contributed by atoms with van der Waals surface area (Å²) >= 11 is 0. The number of hydrogen-bond donors (Lipinski definition) is 0. The summed E-state index contributed by atoms with van der Waals surface area (Å²) in [6, 6.07) is 14.7. The smallest absolute Gasteiger partial charge is 0.204 e. The Morgan fingerprint density at radius 3 is 2.19 bits per heavy atom. The molecule has 0 aliphatic heterocycles. The summed E-state index contributed by atoms with van der Waals surface area (Å²) in [6.07, 6.45) is 4.61. The number of ether oxygens (including phenoxy) is 3. The summed E-state index contributed by atoms with van der Waals surface area (Å²) in [5, 5.41) is 1.04. The van der Waals surface area contributed by atoms with E-state index in [4.69, 9.17) is 14.2 Å². The van der Waals surface area contributed by atoms with Crippen LogP contribution in [0.15, 0.2) is 42.5 Å². The molecule has 2 aromatic carbocycles. The van der Waals surface area contributed by atoms with Crippen LogP contribution in [0.25, 0.3) is 16.6 Å².